The Hall–Kier alpha value is -1.76. The summed E-state index contributed by atoms with van der Waals surface area (Å²) in [5.74, 6) is 0. The van der Waals surface area contributed by atoms with Gasteiger partial charge in [-0.15, -0.1) is 0 Å². The predicted octanol–water partition coefficient (Wildman–Crippen LogP) is 1.59. The molecule has 0 aliphatic rings. The Bertz CT molecular complexity index is 697. The van der Waals surface area contributed by atoms with Gasteiger partial charge in [0.2, 0.25) is 10.0 Å². The van der Waals surface area contributed by atoms with Gasteiger partial charge in [-0.2, -0.15) is 0 Å². The minimum Gasteiger partial charge on any atom is -0.316 e. The average Bonchev–Trinajstić information content (AvgIpc) is 2.47. The SMILES string of the molecule is CNCc1ccc(S(=O)(=O)NCc2ccncc2C)cc1. The lowest BCUT2D eigenvalue weighted by molar-refractivity contribution is 0.581. The molecule has 1 aromatic carbocycles. The van der Waals surface area contributed by atoms with Gasteiger partial charge in [0.05, 0.1) is 4.90 Å². The van der Waals surface area contributed by atoms with E-state index in [1.807, 2.05) is 32.2 Å². The fourth-order valence-electron chi connectivity index (χ4n) is 1.95. The molecule has 6 heteroatoms. The van der Waals surface area contributed by atoms with Gasteiger partial charge in [-0.25, -0.2) is 13.1 Å². The Kier molecular flexibility index (Phi) is 5.06. The van der Waals surface area contributed by atoms with E-state index in [4.69, 9.17) is 0 Å². The van der Waals surface area contributed by atoms with Crippen LogP contribution in [0.4, 0.5) is 0 Å². The number of aromatic nitrogens is 1. The molecule has 5 nitrogen and oxygen atoms in total. The first-order valence-electron chi connectivity index (χ1n) is 6.65. The minimum absolute atomic E-state index is 0.259. The maximum absolute atomic E-state index is 12.2. The largest absolute Gasteiger partial charge is 0.316 e. The average molecular weight is 305 g/mol. The van der Waals surface area contributed by atoms with Crippen LogP contribution in [0.1, 0.15) is 16.7 Å². The molecule has 1 aromatic heterocycles. The molecule has 0 aliphatic carbocycles. The van der Waals surface area contributed by atoms with Crippen LogP contribution in [0.15, 0.2) is 47.6 Å². The van der Waals surface area contributed by atoms with Crippen molar-refractivity contribution in [3.63, 3.8) is 0 Å². The van der Waals surface area contributed by atoms with Crippen molar-refractivity contribution in [2.24, 2.45) is 0 Å². The third-order valence-corrected chi connectivity index (χ3v) is 4.62. The standard InChI is InChI=1S/C15H19N3O2S/c1-12-9-17-8-7-14(12)11-18-21(19,20)15-5-3-13(4-6-15)10-16-2/h3-9,16,18H,10-11H2,1-2H3. The second-order valence-corrected chi connectivity index (χ2v) is 6.57. The number of hydrogen-bond donors (Lipinski definition) is 2. The van der Waals surface area contributed by atoms with E-state index >= 15 is 0 Å². The number of pyridine rings is 1. The van der Waals surface area contributed by atoms with Crippen molar-refractivity contribution in [2.75, 3.05) is 7.05 Å². The van der Waals surface area contributed by atoms with Gasteiger partial charge in [0, 0.05) is 25.5 Å². The van der Waals surface area contributed by atoms with Crippen molar-refractivity contribution in [3.8, 4) is 0 Å². The van der Waals surface area contributed by atoms with Crippen molar-refractivity contribution in [2.45, 2.75) is 24.9 Å². The van der Waals surface area contributed by atoms with Crippen LogP contribution in [0.3, 0.4) is 0 Å². The van der Waals surface area contributed by atoms with Crippen LogP contribution in [-0.4, -0.2) is 20.4 Å². The summed E-state index contributed by atoms with van der Waals surface area (Å²) in [7, 11) is -1.65. The van der Waals surface area contributed by atoms with Gasteiger partial charge in [0.1, 0.15) is 0 Å². The van der Waals surface area contributed by atoms with Gasteiger partial charge in [0.25, 0.3) is 0 Å². The topological polar surface area (TPSA) is 71.1 Å². The highest BCUT2D eigenvalue weighted by molar-refractivity contribution is 7.89. The zero-order valence-corrected chi connectivity index (χ0v) is 12.9. The number of nitrogens with one attached hydrogen (secondary N) is 2. The van der Waals surface area contributed by atoms with Crippen LogP contribution >= 0.6 is 0 Å². The summed E-state index contributed by atoms with van der Waals surface area (Å²) >= 11 is 0. The summed E-state index contributed by atoms with van der Waals surface area (Å²) in [6, 6.07) is 8.67. The Balaban J connectivity index is 2.09. The molecule has 2 N–H and O–H groups in total. The molecule has 0 saturated carbocycles. The number of rotatable bonds is 6. The fraction of sp³-hybridized carbons (Fsp3) is 0.267. The van der Waals surface area contributed by atoms with Gasteiger partial charge in [0.15, 0.2) is 0 Å². The van der Waals surface area contributed by atoms with Crippen molar-refractivity contribution in [3.05, 3.63) is 59.4 Å². The third kappa shape index (κ3) is 4.10. The molecular formula is C15H19N3O2S. The van der Waals surface area contributed by atoms with Crippen LogP contribution in [0.5, 0.6) is 0 Å². The molecule has 2 rings (SSSR count). The van der Waals surface area contributed by atoms with E-state index in [9.17, 15) is 8.42 Å². The zero-order chi connectivity index (χ0) is 15.3. The quantitative estimate of drug-likeness (QED) is 0.850. The third-order valence-electron chi connectivity index (χ3n) is 3.20. The smallest absolute Gasteiger partial charge is 0.240 e. The Labute approximate surface area is 125 Å². The molecular weight excluding hydrogens is 286 g/mol. The Morgan fingerprint density at radius 3 is 2.43 bits per heavy atom. The lowest BCUT2D eigenvalue weighted by Crippen LogP contribution is -2.23. The molecule has 0 spiro atoms. The second-order valence-electron chi connectivity index (χ2n) is 4.80. The van der Waals surface area contributed by atoms with E-state index in [1.54, 1.807) is 24.5 Å². The fourth-order valence-corrected chi connectivity index (χ4v) is 2.95. The normalized spacial score (nSPS) is 11.5. The lowest BCUT2D eigenvalue weighted by atomic mass is 10.2. The molecule has 0 atom stereocenters. The molecule has 0 unspecified atom stereocenters. The molecule has 21 heavy (non-hydrogen) atoms. The summed E-state index contributed by atoms with van der Waals surface area (Å²) < 4.78 is 27.1. The zero-order valence-electron chi connectivity index (χ0n) is 12.1. The van der Waals surface area contributed by atoms with Crippen LogP contribution in [0.25, 0.3) is 0 Å². The summed E-state index contributed by atoms with van der Waals surface area (Å²) in [5, 5.41) is 3.02. The highest BCUT2D eigenvalue weighted by Gasteiger charge is 2.13. The number of nitrogens with zero attached hydrogens (tertiary/aromatic N) is 1. The number of benzene rings is 1. The monoisotopic (exact) mass is 305 g/mol. The molecule has 1 heterocycles. The minimum atomic E-state index is -3.50. The van der Waals surface area contributed by atoms with Gasteiger partial charge in [-0.3, -0.25) is 4.98 Å². The number of hydrogen-bond acceptors (Lipinski definition) is 4. The molecule has 0 bridgehead atoms. The summed E-state index contributed by atoms with van der Waals surface area (Å²) in [6.45, 7) is 2.88. The summed E-state index contributed by atoms with van der Waals surface area (Å²) in [6.07, 6.45) is 3.37. The van der Waals surface area contributed by atoms with E-state index in [0.717, 1.165) is 16.7 Å². The van der Waals surface area contributed by atoms with Crippen molar-refractivity contribution in [1.82, 2.24) is 15.0 Å². The van der Waals surface area contributed by atoms with Gasteiger partial charge < -0.3 is 5.32 Å². The summed E-state index contributed by atoms with van der Waals surface area (Å²) in [5.41, 5.74) is 2.92. The molecule has 0 radical (unpaired) electrons. The first kappa shape index (κ1) is 15.6. The second kappa shape index (κ2) is 6.80. The van der Waals surface area contributed by atoms with Crippen LogP contribution in [0, 0.1) is 6.92 Å². The maximum atomic E-state index is 12.2. The molecule has 0 amide bonds. The number of aryl methyl sites for hydroxylation is 1. The molecule has 112 valence electrons. The van der Waals surface area contributed by atoms with Crippen molar-refractivity contribution >= 4 is 10.0 Å². The molecule has 2 aromatic rings. The highest BCUT2D eigenvalue weighted by atomic mass is 32.2. The lowest BCUT2D eigenvalue weighted by Gasteiger charge is -2.09. The number of sulfonamides is 1. The van der Waals surface area contributed by atoms with Crippen LogP contribution in [-0.2, 0) is 23.1 Å². The Morgan fingerprint density at radius 1 is 1.10 bits per heavy atom. The van der Waals surface area contributed by atoms with Crippen LogP contribution < -0.4 is 10.0 Å². The van der Waals surface area contributed by atoms with E-state index in [2.05, 4.69) is 15.0 Å². The van der Waals surface area contributed by atoms with E-state index < -0.39 is 10.0 Å². The Morgan fingerprint density at radius 2 is 1.81 bits per heavy atom. The highest BCUT2D eigenvalue weighted by Crippen LogP contribution is 2.12. The summed E-state index contributed by atoms with van der Waals surface area (Å²) in [4.78, 5) is 4.26. The van der Waals surface area contributed by atoms with Crippen molar-refractivity contribution in [1.29, 1.82) is 0 Å². The molecule has 0 fully saturated rings. The van der Waals surface area contributed by atoms with Gasteiger partial charge >= 0.3 is 0 Å². The van der Waals surface area contributed by atoms with E-state index in [-0.39, 0.29) is 11.4 Å². The van der Waals surface area contributed by atoms with E-state index in [1.165, 1.54) is 0 Å². The van der Waals surface area contributed by atoms with Crippen molar-refractivity contribution < 1.29 is 8.42 Å². The predicted molar refractivity (Wildman–Crippen MR) is 82.2 cm³/mol. The molecule has 0 saturated heterocycles. The maximum Gasteiger partial charge on any atom is 0.240 e. The first-order chi connectivity index (χ1) is 10.0. The molecule has 0 aliphatic heterocycles. The van der Waals surface area contributed by atoms with Gasteiger partial charge in [-0.1, -0.05) is 12.1 Å². The van der Waals surface area contributed by atoms with E-state index in [0.29, 0.717) is 6.54 Å². The van der Waals surface area contributed by atoms with Crippen LogP contribution in [0.2, 0.25) is 0 Å². The first-order valence-corrected chi connectivity index (χ1v) is 8.14. The van der Waals surface area contributed by atoms with Gasteiger partial charge in [-0.05, 0) is 48.9 Å².